The van der Waals surface area contributed by atoms with Gasteiger partial charge in [0.05, 0.1) is 0 Å². The molecule has 0 heterocycles. The molecule has 2 aliphatic carbocycles. The van der Waals surface area contributed by atoms with Crippen LogP contribution in [0.15, 0.2) is 109 Å². The molecule has 0 spiro atoms. The van der Waals surface area contributed by atoms with Crippen molar-refractivity contribution in [1.29, 1.82) is 0 Å². The van der Waals surface area contributed by atoms with Crippen molar-refractivity contribution in [1.82, 2.24) is 0 Å². The van der Waals surface area contributed by atoms with Gasteiger partial charge in [0.1, 0.15) is 0 Å². The van der Waals surface area contributed by atoms with Gasteiger partial charge in [0, 0.05) is 0 Å². The molecule has 0 bridgehead atoms. The van der Waals surface area contributed by atoms with Gasteiger partial charge >= 0.3 is 195 Å². The molecule has 1 atom stereocenters. The Morgan fingerprint density at radius 2 is 1.03 bits per heavy atom. The van der Waals surface area contributed by atoms with Crippen molar-refractivity contribution in [2.75, 3.05) is 0 Å². The Balaban J connectivity index is 1.60. The van der Waals surface area contributed by atoms with Gasteiger partial charge in [-0.05, 0) is 0 Å². The Morgan fingerprint density at radius 3 is 1.62 bits per heavy atom. The molecule has 2 heteroatoms. The van der Waals surface area contributed by atoms with E-state index in [2.05, 4.69) is 125 Å². The van der Waals surface area contributed by atoms with Gasteiger partial charge in [-0.3, -0.25) is 0 Å². The summed E-state index contributed by atoms with van der Waals surface area (Å²) in [5, 5.41) is 0. The molecule has 1 unspecified atom stereocenters. The Hall–Kier alpha value is -2.28. The van der Waals surface area contributed by atoms with E-state index in [1.165, 1.54) is 27.8 Å². The first kappa shape index (κ1) is 20.3. The molecule has 156 valence electrons. The second kappa shape index (κ2) is 7.11. The fourth-order valence-corrected chi connectivity index (χ4v) is 23.0. The van der Waals surface area contributed by atoms with Gasteiger partial charge in [-0.15, -0.1) is 0 Å². The van der Waals surface area contributed by atoms with Gasteiger partial charge < -0.3 is 0 Å². The maximum atomic E-state index is 2.70. The first-order valence-corrected chi connectivity index (χ1v) is 25.2. The van der Waals surface area contributed by atoms with E-state index in [4.69, 9.17) is 0 Å². The van der Waals surface area contributed by atoms with Gasteiger partial charge in [0.2, 0.25) is 0 Å². The third kappa shape index (κ3) is 2.89. The standard InChI is InChI=1S/C15H11.C13H9.2CH3.H2Si.Zr/c1-2-6-12(7-3-1)15-11-10-13-8-4-5-9-14(13)15;1-3-7-12-10(5-1)9-11-6-2-4-8-13(11)12;;;;/h1-11H;1-9H;2*1H3;1H2;. The number of fused-ring (bicyclic) bond motifs is 4. The number of hydrogen-bond acceptors (Lipinski definition) is 0. The van der Waals surface area contributed by atoms with Crippen LogP contribution in [0.4, 0.5) is 0 Å². The number of hydrogen-bond donors (Lipinski definition) is 0. The second-order valence-electron chi connectivity index (χ2n) is 10.6. The van der Waals surface area contributed by atoms with E-state index in [9.17, 15) is 0 Å². The van der Waals surface area contributed by atoms with Crippen LogP contribution < -0.4 is 0 Å². The predicted octanol–water partition coefficient (Wildman–Crippen LogP) is 7.28. The van der Waals surface area contributed by atoms with Crippen molar-refractivity contribution >= 4 is 12.5 Å². The first-order chi connectivity index (χ1) is 15.4. The summed E-state index contributed by atoms with van der Waals surface area (Å²) in [6.07, 6.45) is 2.64. The SMILES string of the molecule is [CH3][Zr]([CH3])(=[SiH2])([CH]1C=C(c2ccccc2)c2ccccc21)[CH]1c2ccccc2-c2ccccc21. The zero-order chi connectivity index (χ0) is 21.9. The zero-order valence-electron chi connectivity index (χ0n) is 18.8. The predicted molar refractivity (Wildman–Crippen MR) is 137 cm³/mol. The van der Waals surface area contributed by atoms with Gasteiger partial charge in [-0.1, -0.05) is 0 Å². The van der Waals surface area contributed by atoms with E-state index in [1.807, 2.05) is 0 Å². The molecule has 4 aromatic rings. The molecule has 0 amide bonds. The van der Waals surface area contributed by atoms with Crippen LogP contribution in [-0.4, -0.2) is 6.88 Å². The third-order valence-corrected chi connectivity index (χ3v) is 25.2. The van der Waals surface area contributed by atoms with Crippen molar-refractivity contribution in [3.63, 3.8) is 0 Å². The number of benzene rings is 4. The molecule has 0 N–H and O–H groups in total. The molecule has 0 saturated heterocycles. The van der Waals surface area contributed by atoms with E-state index in [0.29, 0.717) is 7.25 Å². The molecule has 6 rings (SSSR count). The molecule has 0 aromatic heterocycles. The van der Waals surface area contributed by atoms with Gasteiger partial charge in [0.25, 0.3) is 0 Å². The Morgan fingerprint density at radius 1 is 0.562 bits per heavy atom. The van der Waals surface area contributed by atoms with Crippen molar-refractivity contribution in [3.8, 4) is 11.1 Å². The summed E-state index contributed by atoms with van der Waals surface area (Å²) in [6.45, 7) is 2.41. The number of allylic oxidation sites excluding steroid dienone is 1. The molecule has 0 aliphatic heterocycles. The summed E-state index contributed by atoms with van der Waals surface area (Å²) < 4.78 is 6.46. The Labute approximate surface area is 193 Å². The average molecular weight is 508 g/mol. The summed E-state index contributed by atoms with van der Waals surface area (Å²) in [5.74, 6) is 0. The summed E-state index contributed by atoms with van der Waals surface area (Å²) in [6, 6.07) is 38.4. The normalized spacial score (nSPS) is 17.5. The van der Waals surface area contributed by atoms with Crippen molar-refractivity contribution in [3.05, 3.63) is 137 Å². The second-order valence-corrected chi connectivity index (χ2v) is 41.1. The summed E-state index contributed by atoms with van der Waals surface area (Å²) >= 11 is -3.46. The van der Waals surface area contributed by atoms with Gasteiger partial charge in [0.15, 0.2) is 0 Å². The molecule has 0 nitrogen and oxygen atoms in total. The van der Waals surface area contributed by atoms with E-state index in [1.54, 1.807) is 16.7 Å². The Bertz CT molecular complexity index is 1410. The minimum atomic E-state index is -3.46. The van der Waals surface area contributed by atoms with E-state index >= 15 is 0 Å². The quantitative estimate of drug-likeness (QED) is 0.256. The van der Waals surface area contributed by atoms with E-state index in [-0.39, 0.29) is 0 Å². The van der Waals surface area contributed by atoms with E-state index in [0.717, 1.165) is 0 Å². The van der Waals surface area contributed by atoms with Crippen LogP contribution in [0, 0.1) is 0 Å². The van der Waals surface area contributed by atoms with Crippen molar-refractivity contribution < 1.29 is 17.4 Å². The van der Waals surface area contributed by atoms with Crippen LogP contribution in [0.25, 0.3) is 16.7 Å². The monoisotopic (exact) mass is 506 g/mol. The molecule has 4 aromatic carbocycles. The van der Waals surface area contributed by atoms with Crippen molar-refractivity contribution in [2.45, 2.75) is 16.5 Å². The van der Waals surface area contributed by atoms with Crippen molar-refractivity contribution in [2.24, 2.45) is 0 Å². The minimum absolute atomic E-state index is 0.519. The molecule has 32 heavy (non-hydrogen) atoms. The first-order valence-electron chi connectivity index (χ1n) is 11.6. The van der Waals surface area contributed by atoms with Crippen LogP contribution in [0.1, 0.15) is 35.1 Å². The molecule has 2 aliphatic rings. The zero-order valence-corrected chi connectivity index (χ0v) is 22.6. The summed E-state index contributed by atoms with van der Waals surface area (Å²) in [4.78, 5) is 0. The number of rotatable bonds is 3. The fraction of sp³-hybridized carbons (Fsp3) is 0.133. The van der Waals surface area contributed by atoms with Crippen LogP contribution in [0.3, 0.4) is 0 Å². The van der Waals surface area contributed by atoms with Gasteiger partial charge in [-0.25, -0.2) is 0 Å². The Kier molecular flexibility index (Phi) is 4.52. The molecule has 0 saturated carbocycles. The van der Waals surface area contributed by atoms with E-state index < -0.39 is 17.4 Å². The van der Waals surface area contributed by atoms with Crippen LogP contribution >= 0.6 is 0 Å². The third-order valence-electron chi connectivity index (χ3n) is 7.81. The van der Waals surface area contributed by atoms with Crippen LogP contribution in [-0.2, 0) is 17.4 Å². The topological polar surface area (TPSA) is 0 Å². The molecule has 0 radical (unpaired) electrons. The van der Waals surface area contributed by atoms with Gasteiger partial charge in [-0.2, -0.15) is 0 Å². The maximum absolute atomic E-state index is 3.46. The summed E-state index contributed by atoms with van der Waals surface area (Å²) in [5.41, 5.74) is 11.7. The summed E-state index contributed by atoms with van der Waals surface area (Å²) in [7, 11) is 0. The fourth-order valence-electron chi connectivity index (χ4n) is 6.37. The molecular formula is C30H28SiZr. The molecular weight excluding hydrogens is 480 g/mol. The van der Waals surface area contributed by atoms with Crippen LogP contribution in [0.2, 0.25) is 9.26 Å². The molecule has 0 fully saturated rings. The van der Waals surface area contributed by atoms with Crippen LogP contribution in [0.5, 0.6) is 0 Å². The average Bonchev–Trinajstić information content (AvgIpc) is 3.37.